The molecule has 1 N–H and O–H groups in total. The maximum absolute atomic E-state index is 12.5. The van der Waals surface area contributed by atoms with Crippen molar-refractivity contribution in [3.63, 3.8) is 0 Å². The van der Waals surface area contributed by atoms with Crippen LogP contribution in [0.5, 0.6) is 0 Å². The van der Waals surface area contributed by atoms with E-state index in [1.54, 1.807) is 12.1 Å². The van der Waals surface area contributed by atoms with E-state index < -0.39 is 0 Å². The van der Waals surface area contributed by atoms with E-state index in [1.165, 1.54) is 32.1 Å². The van der Waals surface area contributed by atoms with Gasteiger partial charge in [-0.3, -0.25) is 4.79 Å². The molecule has 166 valence electrons. The zero-order valence-corrected chi connectivity index (χ0v) is 18.9. The monoisotopic (exact) mass is 434 g/mol. The van der Waals surface area contributed by atoms with Crippen molar-refractivity contribution in [1.82, 2.24) is 20.0 Å². The average Bonchev–Trinajstić information content (AvgIpc) is 2.78. The molecule has 0 unspecified atom stereocenters. The predicted molar refractivity (Wildman–Crippen MR) is 121 cm³/mol. The maximum Gasteiger partial charge on any atom is 0.317 e. The summed E-state index contributed by atoms with van der Waals surface area (Å²) in [6.07, 6.45) is 8.03. The van der Waals surface area contributed by atoms with Crippen LogP contribution < -0.4 is 5.32 Å². The SMILES string of the molecule is CN(CCCNC(=O)N1CCN(C(=O)Cc2ccc(Cl)cc2)CC1)C1CCCCC1. The zero-order chi connectivity index (χ0) is 21.3. The van der Waals surface area contributed by atoms with Crippen molar-refractivity contribution in [2.75, 3.05) is 46.3 Å². The van der Waals surface area contributed by atoms with Gasteiger partial charge in [0.25, 0.3) is 0 Å². The quantitative estimate of drug-likeness (QED) is 0.669. The van der Waals surface area contributed by atoms with Gasteiger partial charge in [-0.25, -0.2) is 4.79 Å². The molecule has 1 aromatic carbocycles. The molecule has 2 fully saturated rings. The van der Waals surface area contributed by atoms with E-state index >= 15 is 0 Å². The van der Waals surface area contributed by atoms with Crippen LogP contribution in [0.2, 0.25) is 5.02 Å². The molecule has 1 aromatic rings. The van der Waals surface area contributed by atoms with Gasteiger partial charge in [0.15, 0.2) is 0 Å². The molecule has 2 aliphatic rings. The molecular formula is C23H35ClN4O2. The first-order chi connectivity index (χ1) is 14.5. The highest BCUT2D eigenvalue weighted by Crippen LogP contribution is 2.21. The number of nitrogens with zero attached hydrogens (tertiary/aromatic N) is 3. The van der Waals surface area contributed by atoms with Crippen LogP contribution in [-0.4, -0.2) is 79.0 Å². The number of halogens is 1. The number of hydrogen-bond acceptors (Lipinski definition) is 3. The Morgan fingerprint density at radius 1 is 1.03 bits per heavy atom. The lowest BCUT2D eigenvalue weighted by molar-refractivity contribution is -0.131. The Morgan fingerprint density at radius 2 is 1.67 bits per heavy atom. The molecular weight excluding hydrogens is 400 g/mol. The molecule has 3 amide bonds. The van der Waals surface area contributed by atoms with Gasteiger partial charge in [0, 0.05) is 43.8 Å². The largest absolute Gasteiger partial charge is 0.339 e. The molecule has 1 aliphatic heterocycles. The Morgan fingerprint density at radius 3 is 2.33 bits per heavy atom. The van der Waals surface area contributed by atoms with Crippen molar-refractivity contribution in [3.05, 3.63) is 34.9 Å². The summed E-state index contributed by atoms with van der Waals surface area (Å²) in [5.41, 5.74) is 0.961. The fraction of sp³-hybridized carbons (Fsp3) is 0.652. The highest BCUT2D eigenvalue weighted by molar-refractivity contribution is 6.30. The molecule has 1 heterocycles. The van der Waals surface area contributed by atoms with Crippen LogP contribution in [-0.2, 0) is 11.2 Å². The molecule has 1 saturated heterocycles. The number of carbonyl (C=O) groups is 2. The number of carbonyl (C=O) groups excluding carboxylic acids is 2. The lowest BCUT2D eigenvalue weighted by Crippen LogP contribution is -2.53. The van der Waals surface area contributed by atoms with Crippen molar-refractivity contribution in [2.24, 2.45) is 0 Å². The van der Waals surface area contributed by atoms with Gasteiger partial charge in [-0.2, -0.15) is 0 Å². The number of rotatable bonds is 7. The standard InChI is InChI=1S/C23H35ClN4O2/c1-26(21-6-3-2-4-7-21)13-5-12-25-23(30)28-16-14-27(15-17-28)22(29)18-19-8-10-20(24)11-9-19/h8-11,21H,2-7,12-18H2,1H3,(H,25,30). The number of nitrogens with one attached hydrogen (secondary N) is 1. The second kappa shape index (κ2) is 11.6. The topological polar surface area (TPSA) is 55.9 Å². The molecule has 0 aromatic heterocycles. The molecule has 0 bridgehead atoms. The summed E-state index contributed by atoms with van der Waals surface area (Å²) >= 11 is 5.90. The lowest BCUT2D eigenvalue weighted by Gasteiger charge is -2.35. The molecule has 3 rings (SSSR count). The number of piperazine rings is 1. The van der Waals surface area contributed by atoms with Crippen LogP contribution in [0.3, 0.4) is 0 Å². The molecule has 6 nitrogen and oxygen atoms in total. The van der Waals surface area contributed by atoms with E-state index in [2.05, 4.69) is 17.3 Å². The second-order valence-corrected chi connectivity index (χ2v) is 8.97. The van der Waals surface area contributed by atoms with Gasteiger partial charge >= 0.3 is 6.03 Å². The maximum atomic E-state index is 12.5. The smallest absolute Gasteiger partial charge is 0.317 e. The number of benzene rings is 1. The first kappa shape index (κ1) is 22.9. The number of hydrogen-bond donors (Lipinski definition) is 1. The van der Waals surface area contributed by atoms with Gasteiger partial charge in [-0.05, 0) is 50.6 Å². The third kappa shape index (κ3) is 6.88. The number of amides is 3. The molecule has 1 saturated carbocycles. The van der Waals surface area contributed by atoms with Crippen LogP contribution in [0.15, 0.2) is 24.3 Å². The Hall–Kier alpha value is -1.79. The lowest BCUT2D eigenvalue weighted by atomic mass is 9.94. The van der Waals surface area contributed by atoms with Gasteiger partial charge in [-0.15, -0.1) is 0 Å². The highest BCUT2D eigenvalue weighted by atomic mass is 35.5. The minimum Gasteiger partial charge on any atom is -0.339 e. The summed E-state index contributed by atoms with van der Waals surface area (Å²) in [4.78, 5) is 31.0. The van der Waals surface area contributed by atoms with E-state index in [0.29, 0.717) is 50.2 Å². The summed E-state index contributed by atoms with van der Waals surface area (Å²) in [7, 11) is 2.21. The molecule has 0 atom stereocenters. The van der Waals surface area contributed by atoms with Gasteiger partial charge in [0.05, 0.1) is 6.42 Å². The number of urea groups is 1. The summed E-state index contributed by atoms with van der Waals surface area (Å²) in [5, 5.41) is 3.72. The van der Waals surface area contributed by atoms with Crippen LogP contribution in [0, 0.1) is 0 Å². The molecule has 1 aliphatic carbocycles. The van der Waals surface area contributed by atoms with Crippen molar-refractivity contribution < 1.29 is 9.59 Å². The van der Waals surface area contributed by atoms with Crippen molar-refractivity contribution in [1.29, 1.82) is 0 Å². The fourth-order valence-electron chi connectivity index (χ4n) is 4.39. The van der Waals surface area contributed by atoms with Crippen molar-refractivity contribution >= 4 is 23.5 Å². The first-order valence-electron chi connectivity index (χ1n) is 11.3. The van der Waals surface area contributed by atoms with Crippen LogP contribution in [0.1, 0.15) is 44.1 Å². The van der Waals surface area contributed by atoms with E-state index in [0.717, 1.165) is 18.5 Å². The summed E-state index contributed by atoms with van der Waals surface area (Å²) in [5.74, 6) is 0.100. The average molecular weight is 435 g/mol. The highest BCUT2D eigenvalue weighted by Gasteiger charge is 2.24. The van der Waals surface area contributed by atoms with Crippen molar-refractivity contribution in [2.45, 2.75) is 51.0 Å². The first-order valence-corrected chi connectivity index (χ1v) is 11.7. The second-order valence-electron chi connectivity index (χ2n) is 8.53. The third-order valence-corrected chi connectivity index (χ3v) is 6.60. The van der Waals surface area contributed by atoms with Crippen LogP contribution >= 0.6 is 11.6 Å². The minimum absolute atomic E-state index is 0.0138. The Labute approximate surface area is 185 Å². The third-order valence-electron chi connectivity index (χ3n) is 6.35. The zero-order valence-electron chi connectivity index (χ0n) is 18.1. The van der Waals surface area contributed by atoms with Gasteiger partial charge in [-0.1, -0.05) is 43.0 Å². The van der Waals surface area contributed by atoms with E-state index in [4.69, 9.17) is 11.6 Å². The van der Waals surface area contributed by atoms with Crippen LogP contribution in [0.4, 0.5) is 4.79 Å². The van der Waals surface area contributed by atoms with Gasteiger partial charge in [0.1, 0.15) is 0 Å². The normalized spacial score (nSPS) is 18.0. The fourth-order valence-corrected chi connectivity index (χ4v) is 4.51. The van der Waals surface area contributed by atoms with E-state index in [-0.39, 0.29) is 11.9 Å². The molecule has 30 heavy (non-hydrogen) atoms. The van der Waals surface area contributed by atoms with Crippen molar-refractivity contribution in [3.8, 4) is 0 Å². The van der Waals surface area contributed by atoms with E-state index in [9.17, 15) is 9.59 Å². The molecule has 0 radical (unpaired) electrons. The van der Waals surface area contributed by atoms with Gasteiger partial charge < -0.3 is 20.0 Å². The van der Waals surface area contributed by atoms with E-state index in [1.807, 2.05) is 21.9 Å². The summed E-state index contributed by atoms with van der Waals surface area (Å²) in [6.45, 7) is 4.07. The molecule has 0 spiro atoms. The summed E-state index contributed by atoms with van der Waals surface area (Å²) < 4.78 is 0. The predicted octanol–water partition coefficient (Wildman–Crippen LogP) is 3.39. The Kier molecular flexibility index (Phi) is 8.82. The minimum atomic E-state index is -0.0138. The summed E-state index contributed by atoms with van der Waals surface area (Å²) in [6, 6.07) is 8.08. The van der Waals surface area contributed by atoms with Crippen LogP contribution in [0.25, 0.3) is 0 Å². The van der Waals surface area contributed by atoms with Gasteiger partial charge in [0.2, 0.25) is 5.91 Å². The Bertz CT molecular complexity index is 683. The molecule has 7 heteroatoms. The Balaban J connectivity index is 1.30.